The van der Waals surface area contributed by atoms with E-state index in [4.69, 9.17) is 14.3 Å². The Balaban J connectivity index is 2.26. The van der Waals surface area contributed by atoms with Gasteiger partial charge in [-0.3, -0.25) is 0 Å². The van der Waals surface area contributed by atoms with Gasteiger partial charge < -0.3 is 14.3 Å². The van der Waals surface area contributed by atoms with E-state index in [2.05, 4.69) is 5.48 Å². The van der Waals surface area contributed by atoms with Crippen LogP contribution in [-0.2, 0) is 11.4 Å². The Bertz CT molecular complexity index is 401. The van der Waals surface area contributed by atoms with Crippen molar-refractivity contribution >= 4 is 0 Å². The van der Waals surface area contributed by atoms with Gasteiger partial charge in [-0.15, -0.1) is 0 Å². The molecule has 4 nitrogen and oxygen atoms in total. The lowest BCUT2D eigenvalue weighted by atomic mass is 10.1. The molecular weight excluding hydrogens is 206 g/mol. The summed E-state index contributed by atoms with van der Waals surface area (Å²) < 4.78 is 11.3. The molecule has 16 heavy (non-hydrogen) atoms. The van der Waals surface area contributed by atoms with Gasteiger partial charge in [0.05, 0.1) is 7.11 Å². The van der Waals surface area contributed by atoms with E-state index < -0.39 is 5.79 Å². The number of hydrogen-bond donors (Lipinski definition) is 1. The highest BCUT2D eigenvalue weighted by Crippen LogP contribution is 2.40. The second-order valence-electron chi connectivity index (χ2n) is 4.35. The van der Waals surface area contributed by atoms with Gasteiger partial charge in [-0.1, -0.05) is 0 Å². The van der Waals surface area contributed by atoms with Crippen molar-refractivity contribution < 1.29 is 14.3 Å². The molecule has 1 aromatic carbocycles. The first-order valence-electron chi connectivity index (χ1n) is 5.29. The van der Waals surface area contributed by atoms with Gasteiger partial charge in [0.1, 0.15) is 0 Å². The summed E-state index contributed by atoms with van der Waals surface area (Å²) in [6.07, 6.45) is 0. The van der Waals surface area contributed by atoms with Gasteiger partial charge in [0.2, 0.25) is 5.79 Å². The van der Waals surface area contributed by atoms with Gasteiger partial charge >= 0.3 is 0 Å². The number of ether oxygens (including phenoxy) is 2. The Morgan fingerprint density at radius 1 is 1.25 bits per heavy atom. The van der Waals surface area contributed by atoms with E-state index in [1.165, 1.54) is 0 Å². The minimum atomic E-state index is -0.567. The van der Waals surface area contributed by atoms with Crippen LogP contribution in [0.3, 0.4) is 0 Å². The van der Waals surface area contributed by atoms with Crippen LogP contribution < -0.4 is 15.0 Å². The van der Waals surface area contributed by atoms with Crippen LogP contribution in [0.5, 0.6) is 11.5 Å². The smallest absolute Gasteiger partial charge is 0.246 e. The number of hydrogen-bond acceptors (Lipinski definition) is 4. The van der Waals surface area contributed by atoms with Crippen molar-refractivity contribution in [3.63, 3.8) is 0 Å². The molecule has 1 aliphatic rings. The summed E-state index contributed by atoms with van der Waals surface area (Å²) in [4.78, 5) is 4.84. The lowest BCUT2D eigenvalue weighted by molar-refractivity contribution is -0.0431. The van der Waals surface area contributed by atoms with Crippen LogP contribution in [0, 0.1) is 6.92 Å². The minimum absolute atomic E-state index is 0.567. The largest absolute Gasteiger partial charge is 0.449 e. The van der Waals surface area contributed by atoms with Gasteiger partial charge in [0, 0.05) is 20.4 Å². The van der Waals surface area contributed by atoms with Crippen LogP contribution in [0.15, 0.2) is 12.1 Å². The quantitative estimate of drug-likeness (QED) is 0.797. The number of fused-ring (bicyclic) bond motifs is 1. The van der Waals surface area contributed by atoms with Gasteiger partial charge in [-0.2, -0.15) is 5.48 Å². The van der Waals surface area contributed by atoms with E-state index in [1.54, 1.807) is 7.11 Å². The van der Waals surface area contributed by atoms with Crippen LogP contribution in [0.1, 0.15) is 25.0 Å². The summed E-state index contributed by atoms with van der Waals surface area (Å²) >= 11 is 0. The SMILES string of the molecule is CONCc1cc2c(cc1C)OC(C)(C)O2. The monoisotopic (exact) mass is 223 g/mol. The van der Waals surface area contributed by atoms with Crippen molar-refractivity contribution in [2.24, 2.45) is 0 Å². The van der Waals surface area contributed by atoms with E-state index in [0.717, 1.165) is 22.6 Å². The van der Waals surface area contributed by atoms with E-state index >= 15 is 0 Å². The second kappa shape index (κ2) is 3.96. The fraction of sp³-hybridized carbons (Fsp3) is 0.500. The zero-order chi connectivity index (χ0) is 11.8. The number of aryl methyl sites for hydroxylation is 1. The Kier molecular flexibility index (Phi) is 2.78. The standard InChI is InChI=1S/C12H17NO3/c1-8-5-10-11(16-12(2,3)15-10)6-9(8)7-13-14-4/h5-6,13H,7H2,1-4H3. The first-order chi connectivity index (χ1) is 7.52. The molecule has 1 aromatic rings. The van der Waals surface area contributed by atoms with Gasteiger partial charge in [-0.05, 0) is 30.2 Å². The first-order valence-corrected chi connectivity index (χ1v) is 5.29. The molecule has 0 bridgehead atoms. The maximum Gasteiger partial charge on any atom is 0.246 e. The molecule has 88 valence electrons. The van der Waals surface area contributed by atoms with Crippen molar-refractivity contribution in [2.45, 2.75) is 33.1 Å². The Hall–Kier alpha value is -1.26. The lowest BCUT2D eigenvalue weighted by Crippen LogP contribution is -2.29. The molecule has 1 heterocycles. The highest BCUT2D eigenvalue weighted by molar-refractivity contribution is 5.49. The second-order valence-corrected chi connectivity index (χ2v) is 4.35. The molecule has 0 saturated heterocycles. The molecule has 0 aromatic heterocycles. The molecule has 0 atom stereocenters. The van der Waals surface area contributed by atoms with E-state index in [0.29, 0.717) is 6.54 Å². The summed E-state index contributed by atoms with van der Waals surface area (Å²) in [6, 6.07) is 3.99. The Labute approximate surface area is 95.5 Å². The molecule has 4 heteroatoms. The predicted octanol–water partition coefficient (Wildman–Crippen LogP) is 2.15. The van der Waals surface area contributed by atoms with Crippen LogP contribution in [0.25, 0.3) is 0 Å². The normalized spacial score (nSPS) is 16.5. The third kappa shape index (κ3) is 2.13. The number of nitrogens with one attached hydrogen (secondary N) is 1. The van der Waals surface area contributed by atoms with Crippen LogP contribution in [0.2, 0.25) is 0 Å². The molecule has 0 unspecified atom stereocenters. The van der Waals surface area contributed by atoms with Crippen molar-refractivity contribution in [2.75, 3.05) is 7.11 Å². The molecule has 0 amide bonds. The van der Waals surface area contributed by atoms with Crippen LogP contribution >= 0.6 is 0 Å². The highest BCUT2D eigenvalue weighted by atomic mass is 16.7. The summed E-state index contributed by atoms with van der Waals surface area (Å²) in [7, 11) is 1.60. The van der Waals surface area contributed by atoms with E-state index in [-0.39, 0.29) is 0 Å². The molecular formula is C12H17NO3. The van der Waals surface area contributed by atoms with E-state index in [9.17, 15) is 0 Å². The maximum absolute atomic E-state index is 5.68. The number of rotatable bonds is 3. The van der Waals surface area contributed by atoms with E-state index in [1.807, 2.05) is 32.9 Å². The average Bonchev–Trinajstić information content (AvgIpc) is 2.47. The summed E-state index contributed by atoms with van der Waals surface area (Å²) in [6.45, 7) is 6.49. The van der Waals surface area contributed by atoms with Crippen LogP contribution in [0.4, 0.5) is 0 Å². The molecule has 0 fully saturated rings. The molecule has 0 radical (unpaired) electrons. The van der Waals surface area contributed by atoms with Crippen molar-refractivity contribution in [1.29, 1.82) is 0 Å². The Morgan fingerprint density at radius 3 is 2.50 bits per heavy atom. The third-order valence-electron chi connectivity index (χ3n) is 2.52. The summed E-state index contributed by atoms with van der Waals surface area (Å²) in [5, 5.41) is 0. The van der Waals surface area contributed by atoms with Gasteiger partial charge in [-0.25, -0.2) is 0 Å². The number of benzene rings is 1. The Morgan fingerprint density at radius 2 is 1.88 bits per heavy atom. The molecule has 1 N–H and O–H groups in total. The molecule has 2 rings (SSSR count). The predicted molar refractivity (Wildman–Crippen MR) is 60.4 cm³/mol. The topological polar surface area (TPSA) is 39.7 Å². The van der Waals surface area contributed by atoms with Gasteiger partial charge in [0.15, 0.2) is 11.5 Å². The fourth-order valence-corrected chi connectivity index (χ4v) is 1.75. The first kappa shape index (κ1) is 11.2. The minimum Gasteiger partial charge on any atom is -0.449 e. The van der Waals surface area contributed by atoms with Crippen molar-refractivity contribution in [3.8, 4) is 11.5 Å². The molecule has 0 saturated carbocycles. The highest BCUT2D eigenvalue weighted by Gasteiger charge is 2.32. The number of hydroxylamine groups is 1. The summed E-state index contributed by atoms with van der Waals surface area (Å²) in [5.74, 6) is 1.04. The van der Waals surface area contributed by atoms with Gasteiger partial charge in [0.25, 0.3) is 0 Å². The fourth-order valence-electron chi connectivity index (χ4n) is 1.75. The maximum atomic E-state index is 5.68. The summed E-state index contributed by atoms with van der Waals surface area (Å²) in [5.41, 5.74) is 5.12. The molecule has 1 aliphatic heterocycles. The van der Waals surface area contributed by atoms with Crippen LogP contribution in [-0.4, -0.2) is 12.9 Å². The zero-order valence-electron chi connectivity index (χ0n) is 10.1. The van der Waals surface area contributed by atoms with Crippen molar-refractivity contribution in [1.82, 2.24) is 5.48 Å². The van der Waals surface area contributed by atoms with Crippen molar-refractivity contribution in [3.05, 3.63) is 23.3 Å². The molecule has 0 aliphatic carbocycles. The average molecular weight is 223 g/mol. The third-order valence-corrected chi connectivity index (χ3v) is 2.52. The molecule has 0 spiro atoms. The lowest BCUT2D eigenvalue weighted by Gasteiger charge is -2.16. The zero-order valence-corrected chi connectivity index (χ0v) is 10.1.